The summed E-state index contributed by atoms with van der Waals surface area (Å²) in [5.74, 6) is 0. The van der Waals surface area contributed by atoms with Crippen LogP contribution in [0, 0.1) is 0 Å². The predicted molar refractivity (Wildman–Crippen MR) is 55.7 cm³/mol. The van der Waals surface area contributed by atoms with Gasteiger partial charge in [0.05, 0.1) is 0 Å². The van der Waals surface area contributed by atoms with Crippen molar-refractivity contribution in [1.29, 1.82) is 0 Å². The second kappa shape index (κ2) is 4.46. The molecule has 0 fully saturated rings. The molecule has 0 aliphatic carbocycles. The zero-order chi connectivity index (χ0) is 7.33. The number of hydrogen-bond acceptors (Lipinski definition) is 0. The van der Waals surface area contributed by atoms with Gasteiger partial charge in [0.15, 0.2) is 0 Å². The van der Waals surface area contributed by atoms with Crippen LogP contribution in [0.15, 0.2) is 0 Å². The van der Waals surface area contributed by atoms with E-state index in [1.165, 1.54) is 0 Å². The maximum atomic E-state index is 2.42. The van der Waals surface area contributed by atoms with E-state index in [4.69, 9.17) is 0 Å². The van der Waals surface area contributed by atoms with Gasteiger partial charge < -0.3 is 0 Å². The Hall–Kier alpha value is 0.651. The predicted octanol–water partition coefficient (Wildman–Crippen LogP) is 0.441. The van der Waals surface area contributed by atoms with Crippen LogP contribution in [0.2, 0.25) is 18.1 Å². The molecule has 0 atom stereocenters. The first-order valence-electron chi connectivity index (χ1n) is 4.24. The zero-order valence-corrected chi connectivity index (χ0v) is 11.7. The first-order valence-corrected chi connectivity index (χ1v) is 14.8. The highest BCUT2D eigenvalue weighted by atomic mass is 29.5. The molecule has 0 rings (SSSR count). The minimum atomic E-state index is -0.491. The lowest BCUT2D eigenvalue weighted by atomic mass is 10.9. The Balaban J connectivity index is 3.82. The molecule has 9 heavy (non-hydrogen) atoms. The van der Waals surface area contributed by atoms with Crippen LogP contribution in [-0.4, -0.2) is 25.9 Å². The standard InChI is InChI=1S/C6H20Si3/c1-4-9(5-2,6-3)8-7/h4-6,8H2,1-3,7H3. The Morgan fingerprint density at radius 3 is 1.44 bits per heavy atom. The van der Waals surface area contributed by atoms with E-state index < -0.39 is 7.59 Å². The summed E-state index contributed by atoms with van der Waals surface area (Å²) in [4.78, 5) is 0. The van der Waals surface area contributed by atoms with Crippen molar-refractivity contribution < 1.29 is 0 Å². The van der Waals surface area contributed by atoms with Crippen LogP contribution in [0.3, 0.4) is 0 Å². The van der Waals surface area contributed by atoms with Crippen LogP contribution >= 0.6 is 0 Å². The zero-order valence-electron chi connectivity index (χ0n) is 7.33. The highest BCUT2D eigenvalue weighted by Gasteiger charge is 2.23. The van der Waals surface area contributed by atoms with E-state index in [0.29, 0.717) is 8.55 Å². The monoisotopic (exact) mass is 176 g/mol. The SMILES string of the molecule is CC[Si](CC)(CC)[SiH2][SiH3]. The first-order chi connectivity index (χ1) is 4.24. The van der Waals surface area contributed by atoms with Gasteiger partial charge in [-0.1, -0.05) is 38.9 Å². The molecular formula is C6H20Si3. The highest BCUT2D eigenvalue weighted by molar-refractivity contribution is 7.39. The van der Waals surface area contributed by atoms with E-state index in [1.54, 1.807) is 27.9 Å². The molecule has 0 spiro atoms. The Morgan fingerprint density at radius 2 is 1.44 bits per heavy atom. The lowest BCUT2D eigenvalue weighted by Crippen LogP contribution is -2.39. The second-order valence-corrected chi connectivity index (χ2v) is 21.7. The molecule has 0 bridgehead atoms. The first kappa shape index (κ1) is 9.65. The van der Waals surface area contributed by atoms with Gasteiger partial charge >= 0.3 is 0 Å². The molecule has 0 aromatic carbocycles. The summed E-state index contributed by atoms with van der Waals surface area (Å²) >= 11 is 0. The van der Waals surface area contributed by atoms with Gasteiger partial charge in [-0.2, -0.15) is 0 Å². The van der Waals surface area contributed by atoms with Gasteiger partial charge in [-0.15, -0.1) is 0 Å². The van der Waals surface area contributed by atoms with Gasteiger partial charge in [0.25, 0.3) is 0 Å². The highest BCUT2D eigenvalue weighted by Crippen LogP contribution is 2.16. The van der Waals surface area contributed by atoms with Crippen molar-refractivity contribution in [2.45, 2.75) is 38.9 Å². The molecule has 0 aromatic rings. The maximum absolute atomic E-state index is 2.42. The van der Waals surface area contributed by atoms with Crippen molar-refractivity contribution in [2.24, 2.45) is 0 Å². The molecule has 0 aromatic heterocycles. The van der Waals surface area contributed by atoms with Crippen LogP contribution in [0.5, 0.6) is 0 Å². The second-order valence-electron chi connectivity index (χ2n) is 2.91. The Morgan fingerprint density at radius 1 is 1.11 bits per heavy atom. The summed E-state index contributed by atoms with van der Waals surface area (Å²) in [6, 6.07) is 4.74. The molecule has 0 heterocycles. The minimum Gasteiger partial charge on any atom is -0.0680 e. The molecule has 0 N–H and O–H groups in total. The third-order valence-corrected chi connectivity index (χ3v) is 31.5. The Labute approximate surface area is 65.3 Å². The van der Waals surface area contributed by atoms with Crippen molar-refractivity contribution in [1.82, 2.24) is 0 Å². The Bertz CT molecular complexity index is 51.2. The van der Waals surface area contributed by atoms with Gasteiger partial charge in [0.2, 0.25) is 0 Å². The molecule has 0 unspecified atom stereocenters. The van der Waals surface area contributed by atoms with Crippen molar-refractivity contribution >= 4 is 25.9 Å². The van der Waals surface area contributed by atoms with Crippen LogP contribution in [0.1, 0.15) is 20.8 Å². The molecule has 0 saturated heterocycles. The van der Waals surface area contributed by atoms with Crippen molar-refractivity contribution in [3.8, 4) is 0 Å². The van der Waals surface area contributed by atoms with Crippen molar-refractivity contribution in [2.75, 3.05) is 0 Å². The summed E-state index contributed by atoms with van der Waals surface area (Å²) in [7, 11) is 1.58. The topological polar surface area (TPSA) is 0 Å². The van der Waals surface area contributed by atoms with Crippen LogP contribution in [0.25, 0.3) is 0 Å². The van der Waals surface area contributed by atoms with Crippen LogP contribution in [0.4, 0.5) is 0 Å². The molecular weight excluding hydrogens is 156 g/mol. The molecule has 0 amide bonds. The fourth-order valence-electron chi connectivity index (χ4n) is 1.50. The van der Waals surface area contributed by atoms with E-state index in [9.17, 15) is 0 Å². The minimum absolute atomic E-state index is 0.491. The molecule has 56 valence electrons. The lowest BCUT2D eigenvalue weighted by molar-refractivity contribution is 1.22. The van der Waals surface area contributed by atoms with Gasteiger partial charge in [-0.3, -0.25) is 0 Å². The summed E-state index contributed by atoms with van der Waals surface area (Å²) < 4.78 is 0. The van der Waals surface area contributed by atoms with E-state index in [0.717, 1.165) is 0 Å². The summed E-state index contributed by atoms with van der Waals surface area (Å²) in [6.07, 6.45) is 0. The number of rotatable bonds is 4. The van der Waals surface area contributed by atoms with Gasteiger partial charge in [0.1, 0.15) is 0 Å². The summed E-state index contributed by atoms with van der Waals surface area (Å²) in [5.41, 5.74) is 0. The van der Waals surface area contributed by atoms with Crippen LogP contribution < -0.4 is 0 Å². The molecule has 0 nitrogen and oxygen atoms in total. The molecule has 0 aliphatic heterocycles. The fraction of sp³-hybridized carbons (Fsp3) is 1.00. The third kappa shape index (κ3) is 2.39. The molecule has 3 heteroatoms. The molecule has 0 radical (unpaired) electrons. The largest absolute Gasteiger partial charge is 0.0680 e. The lowest BCUT2D eigenvalue weighted by Gasteiger charge is -2.25. The molecule has 0 aliphatic rings. The van der Waals surface area contributed by atoms with Crippen molar-refractivity contribution in [3.63, 3.8) is 0 Å². The maximum Gasteiger partial charge on any atom is 0.0359 e. The van der Waals surface area contributed by atoms with Crippen LogP contribution in [-0.2, 0) is 0 Å². The van der Waals surface area contributed by atoms with E-state index >= 15 is 0 Å². The van der Waals surface area contributed by atoms with Gasteiger partial charge in [0, 0.05) is 16.1 Å². The average Bonchev–Trinajstić information content (AvgIpc) is 1.95. The van der Waals surface area contributed by atoms with E-state index in [2.05, 4.69) is 20.8 Å². The quantitative estimate of drug-likeness (QED) is 0.546. The van der Waals surface area contributed by atoms with Gasteiger partial charge in [-0.25, -0.2) is 0 Å². The summed E-state index contributed by atoms with van der Waals surface area (Å²) in [5, 5.41) is 0. The van der Waals surface area contributed by atoms with Crippen molar-refractivity contribution in [3.05, 3.63) is 0 Å². The van der Waals surface area contributed by atoms with E-state index in [1.807, 2.05) is 0 Å². The Kier molecular flexibility index (Phi) is 4.79. The average molecular weight is 176 g/mol. The fourth-order valence-corrected chi connectivity index (χ4v) is 22.5. The van der Waals surface area contributed by atoms with Gasteiger partial charge in [-0.05, 0) is 9.76 Å². The molecule has 0 saturated carbocycles. The third-order valence-electron chi connectivity index (χ3n) is 3.00. The number of hydrogen-bond donors (Lipinski definition) is 0. The van der Waals surface area contributed by atoms with E-state index in [-0.39, 0.29) is 0 Å². The smallest absolute Gasteiger partial charge is 0.0359 e. The summed E-state index contributed by atoms with van der Waals surface area (Å²) in [6.45, 7) is 7.26. The normalized spacial score (nSPS) is 13.7.